The Kier molecular flexibility index (Phi) is 10.8. The lowest BCUT2D eigenvalue weighted by Crippen LogP contribution is -2.55. The van der Waals surface area contributed by atoms with Crippen LogP contribution in [-0.2, 0) is 33.2 Å². The minimum Gasteiger partial charge on any atom is -0.491 e. The number of hydrogen-bond donors (Lipinski definition) is 1. The fourth-order valence-corrected chi connectivity index (χ4v) is 5.70. The highest BCUT2D eigenvalue weighted by Crippen LogP contribution is 2.59. The van der Waals surface area contributed by atoms with Crippen LogP contribution in [0.25, 0.3) is 6.08 Å². The second-order valence-corrected chi connectivity index (χ2v) is 11.1. The van der Waals surface area contributed by atoms with E-state index in [4.69, 9.17) is 38.3 Å². The zero-order valence-electron chi connectivity index (χ0n) is 24.1. The van der Waals surface area contributed by atoms with E-state index in [9.17, 15) is 4.79 Å². The molecule has 2 saturated heterocycles. The summed E-state index contributed by atoms with van der Waals surface area (Å²) in [6, 6.07) is 7.45. The molecule has 3 fully saturated rings. The van der Waals surface area contributed by atoms with E-state index in [1.165, 1.54) is 11.6 Å². The molecular weight excluding hydrogens is 516 g/mol. The quantitative estimate of drug-likeness (QED) is 0.106. The van der Waals surface area contributed by atoms with Gasteiger partial charge < -0.3 is 38.3 Å². The Morgan fingerprint density at radius 1 is 1.10 bits per heavy atom. The predicted molar refractivity (Wildman–Crippen MR) is 149 cm³/mol. The molecule has 9 nitrogen and oxygen atoms in total. The molecule has 1 aliphatic carbocycles. The molecule has 9 heteroatoms. The number of methoxy groups -OCH3 is 1. The van der Waals surface area contributed by atoms with Crippen molar-refractivity contribution in [3.63, 3.8) is 0 Å². The number of carbonyl (C=O) groups excluding carboxylic acids is 1. The van der Waals surface area contributed by atoms with E-state index in [-0.39, 0.29) is 42.0 Å². The maximum atomic E-state index is 12.8. The smallest absolute Gasteiger partial charge is 0.331 e. The minimum absolute atomic E-state index is 0.00590. The third-order valence-electron chi connectivity index (χ3n) is 7.90. The molecular formula is C31H44O9. The highest BCUT2D eigenvalue weighted by molar-refractivity contribution is 5.87. The molecule has 2 aliphatic heterocycles. The molecule has 222 valence electrons. The van der Waals surface area contributed by atoms with Crippen LogP contribution in [0, 0.1) is 5.92 Å². The van der Waals surface area contributed by atoms with Crippen LogP contribution in [0.2, 0.25) is 0 Å². The second kappa shape index (κ2) is 14.1. The van der Waals surface area contributed by atoms with Gasteiger partial charge in [-0.2, -0.15) is 0 Å². The molecule has 3 aliphatic rings. The van der Waals surface area contributed by atoms with Crippen molar-refractivity contribution in [3.05, 3.63) is 47.6 Å². The fraction of sp³-hybridized carbons (Fsp3) is 0.645. The van der Waals surface area contributed by atoms with Gasteiger partial charge in [-0.25, -0.2) is 4.79 Å². The lowest BCUT2D eigenvalue weighted by molar-refractivity contribution is -0.166. The molecule has 1 saturated carbocycles. The van der Waals surface area contributed by atoms with Crippen LogP contribution in [0.15, 0.2) is 42.0 Å². The van der Waals surface area contributed by atoms with Gasteiger partial charge in [-0.05, 0) is 63.8 Å². The number of benzene rings is 1. The van der Waals surface area contributed by atoms with Crippen molar-refractivity contribution in [1.29, 1.82) is 0 Å². The molecule has 1 spiro atoms. The molecule has 0 bridgehead atoms. The Bertz CT molecular complexity index is 1010. The monoisotopic (exact) mass is 560 g/mol. The number of hydrogen-bond acceptors (Lipinski definition) is 9. The summed E-state index contributed by atoms with van der Waals surface area (Å²) in [7, 11) is 1.68. The van der Waals surface area contributed by atoms with Gasteiger partial charge in [0.05, 0.1) is 51.7 Å². The highest BCUT2D eigenvalue weighted by atomic mass is 16.6. The molecule has 1 N–H and O–H groups in total. The van der Waals surface area contributed by atoms with Gasteiger partial charge in [-0.3, -0.25) is 0 Å². The SMILES string of the molecule is CO[C@@H]1[C@H](OC(=O)/C=C/c2ccc(OCCOCCOCCO)cc2)CC[C@]2(CO2)[C@H]1[C@]1(C)O[C@H]1CC=C(C)C. The van der Waals surface area contributed by atoms with Gasteiger partial charge in [0.15, 0.2) is 0 Å². The van der Waals surface area contributed by atoms with E-state index in [2.05, 4.69) is 26.8 Å². The Balaban J connectivity index is 1.25. The summed E-state index contributed by atoms with van der Waals surface area (Å²) in [6.07, 6.45) is 7.19. The van der Waals surface area contributed by atoms with Gasteiger partial charge in [-0.15, -0.1) is 0 Å². The average molecular weight is 561 g/mol. The van der Waals surface area contributed by atoms with Gasteiger partial charge in [0, 0.05) is 13.2 Å². The van der Waals surface area contributed by atoms with Crippen molar-refractivity contribution in [1.82, 2.24) is 0 Å². The lowest BCUT2D eigenvalue weighted by Gasteiger charge is -2.42. The highest BCUT2D eigenvalue weighted by Gasteiger charge is 2.72. The molecule has 1 aromatic rings. The van der Waals surface area contributed by atoms with E-state index < -0.39 is 5.97 Å². The summed E-state index contributed by atoms with van der Waals surface area (Å²) in [5.41, 5.74) is 1.51. The number of aliphatic hydroxyl groups excluding tert-OH is 1. The van der Waals surface area contributed by atoms with Crippen LogP contribution < -0.4 is 4.74 Å². The average Bonchev–Trinajstić information content (AvgIpc) is 3.86. The van der Waals surface area contributed by atoms with Gasteiger partial charge in [0.2, 0.25) is 0 Å². The normalized spacial score (nSPS) is 30.8. The van der Waals surface area contributed by atoms with Crippen molar-refractivity contribution in [2.75, 3.05) is 53.4 Å². The number of ether oxygens (including phenoxy) is 7. The molecule has 6 atom stereocenters. The summed E-state index contributed by atoms with van der Waals surface area (Å²) in [6.45, 7) is 9.08. The van der Waals surface area contributed by atoms with Crippen LogP contribution in [0.5, 0.6) is 5.75 Å². The summed E-state index contributed by atoms with van der Waals surface area (Å²) >= 11 is 0. The molecule has 2 heterocycles. The van der Waals surface area contributed by atoms with Gasteiger partial charge >= 0.3 is 5.97 Å². The van der Waals surface area contributed by atoms with Crippen LogP contribution in [-0.4, -0.2) is 93.9 Å². The van der Waals surface area contributed by atoms with Crippen LogP contribution in [0.4, 0.5) is 0 Å². The molecule has 1 aromatic carbocycles. The molecule has 4 rings (SSSR count). The number of rotatable bonds is 16. The summed E-state index contributed by atoms with van der Waals surface area (Å²) in [5.74, 6) is 0.307. The van der Waals surface area contributed by atoms with E-state index >= 15 is 0 Å². The molecule has 0 amide bonds. The Hall–Kier alpha value is -2.27. The number of allylic oxidation sites excluding steroid dienone is 1. The second-order valence-electron chi connectivity index (χ2n) is 11.1. The predicted octanol–water partition coefficient (Wildman–Crippen LogP) is 3.72. The third-order valence-corrected chi connectivity index (χ3v) is 7.90. The topological polar surface area (TPSA) is 109 Å². The summed E-state index contributed by atoms with van der Waals surface area (Å²) in [4.78, 5) is 12.8. The van der Waals surface area contributed by atoms with Crippen LogP contribution >= 0.6 is 0 Å². The van der Waals surface area contributed by atoms with Crippen LogP contribution in [0.3, 0.4) is 0 Å². The first-order valence-corrected chi connectivity index (χ1v) is 14.2. The van der Waals surface area contributed by atoms with Crippen molar-refractivity contribution in [2.45, 2.75) is 69.5 Å². The summed E-state index contributed by atoms with van der Waals surface area (Å²) in [5, 5.41) is 8.66. The molecule has 0 aromatic heterocycles. The fourth-order valence-electron chi connectivity index (χ4n) is 5.70. The van der Waals surface area contributed by atoms with E-state index in [1.54, 1.807) is 13.2 Å². The number of esters is 1. The van der Waals surface area contributed by atoms with Gasteiger partial charge in [0.1, 0.15) is 35.8 Å². The number of carbonyl (C=O) groups is 1. The first-order chi connectivity index (χ1) is 19.3. The Morgan fingerprint density at radius 2 is 1.80 bits per heavy atom. The number of epoxide rings is 2. The van der Waals surface area contributed by atoms with E-state index in [0.29, 0.717) is 51.8 Å². The van der Waals surface area contributed by atoms with Gasteiger partial charge in [-0.1, -0.05) is 23.8 Å². The maximum Gasteiger partial charge on any atom is 0.331 e. The van der Waals surface area contributed by atoms with E-state index in [0.717, 1.165) is 18.4 Å². The molecule has 40 heavy (non-hydrogen) atoms. The van der Waals surface area contributed by atoms with E-state index in [1.807, 2.05) is 24.3 Å². The molecule has 0 radical (unpaired) electrons. The van der Waals surface area contributed by atoms with Crippen LogP contribution in [0.1, 0.15) is 45.6 Å². The number of aliphatic hydroxyl groups is 1. The first-order valence-electron chi connectivity index (χ1n) is 14.2. The van der Waals surface area contributed by atoms with Crippen molar-refractivity contribution >= 4 is 12.0 Å². The Morgan fingerprint density at radius 3 is 2.45 bits per heavy atom. The largest absolute Gasteiger partial charge is 0.491 e. The van der Waals surface area contributed by atoms with Crippen molar-refractivity contribution in [2.24, 2.45) is 5.92 Å². The first kappa shape index (κ1) is 30.7. The molecule has 0 unspecified atom stereocenters. The lowest BCUT2D eigenvalue weighted by atomic mass is 9.68. The Labute approximate surface area is 237 Å². The standard InChI is InChI=1S/C31H44O9/c1-22(2)5-11-26-30(3,40-26)29-28(34-4)25(13-14-31(29)21-38-31)39-27(33)12-8-23-6-9-24(10-7-23)37-20-19-36-18-17-35-16-15-32/h5-10,12,25-26,28-29,32H,11,13-21H2,1-4H3/b12-8+/t25-,26+,28-,29-,30-,31+/m1/s1. The summed E-state index contributed by atoms with van der Waals surface area (Å²) < 4.78 is 40.3. The van der Waals surface area contributed by atoms with Crippen molar-refractivity contribution < 1.29 is 43.1 Å². The van der Waals surface area contributed by atoms with Crippen molar-refractivity contribution in [3.8, 4) is 5.75 Å². The maximum absolute atomic E-state index is 12.8. The zero-order valence-corrected chi connectivity index (χ0v) is 24.1. The van der Waals surface area contributed by atoms with Gasteiger partial charge in [0.25, 0.3) is 0 Å². The minimum atomic E-state index is -0.401. The zero-order chi connectivity index (χ0) is 28.6. The third kappa shape index (κ3) is 7.93.